The summed E-state index contributed by atoms with van der Waals surface area (Å²) in [5.41, 5.74) is 0.242. The van der Waals surface area contributed by atoms with Gasteiger partial charge in [0.15, 0.2) is 0 Å². The van der Waals surface area contributed by atoms with Gasteiger partial charge in [-0.2, -0.15) is 57.1 Å². The molecule has 0 radical (unpaired) electrons. The molecule has 2 nitrogen and oxygen atoms in total. The van der Waals surface area contributed by atoms with Crippen LogP contribution in [-0.2, 0) is 4.74 Å². The summed E-state index contributed by atoms with van der Waals surface area (Å²) in [4.78, 5) is 1.78. The van der Waals surface area contributed by atoms with Crippen molar-refractivity contribution in [3.63, 3.8) is 0 Å². The van der Waals surface area contributed by atoms with Gasteiger partial charge in [-0.25, -0.2) is 0 Å². The maximum Gasteiger partial charge on any atom is 0.460 e. The summed E-state index contributed by atoms with van der Waals surface area (Å²) in [6, 6.07) is 4.83. The number of alkyl halides is 13. The molecule has 34 heavy (non-hydrogen) atoms. The van der Waals surface area contributed by atoms with Gasteiger partial charge in [-0.1, -0.05) is 12.1 Å². The molecule has 0 aliphatic carbocycles. The van der Waals surface area contributed by atoms with Crippen molar-refractivity contribution >= 4 is 5.69 Å². The number of rotatable bonds is 11. The number of anilines is 1. The fourth-order valence-corrected chi connectivity index (χ4v) is 2.99. The van der Waals surface area contributed by atoms with Crippen LogP contribution in [0.25, 0.3) is 0 Å². The summed E-state index contributed by atoms with van der Waals surface area (Å²) >= 11 is 0. The highest BCUT2D eigenvalue weighted by molar-refractivity contribution is 5.47. The van der Waals surface area contributed by atoms with E-state index in [0.29, 0.717) is 25.9 Å². The molecule has 0 heterocycles. The van der Waals surface area contributed by atoms with Crippen molar-refractivity contribution in [2.24, 2.45) is 0 Å². The molecule has 1 aromatic rings. The molecule has 0 fully saturated rings. The summed E-state index contributed by atoms with van der Waals surface area (Å²) in [6.07, 6.45) is -12.0. The number of methoxy groups -OCH3 is 1. The highest BCUT2D eigenvalue weighted by atomic mass is 19.4. The van der Waals surface area contributed by atoms with Gasteiger partial charge in [0.05, 0.1) is 6.10 Å². The maximum absolute atomic E-state index is 14.2. The van der Waals surface area contributed by atoms with Gasteiger partial charge in [0.2, 0.25) is 0 Å². The zero-order valence-electron chi connectivity index (χ0n) is 17.8. The van der Waals surface area contributed by atoms with Crippen molar-refractivity contribution in [2.45, 2.75) is 62.2 Å². The summed E-state index contributed by atoms with van der Waals surface area (Å²) in [5, 5.41) is 0. The van der Waals surface area contributed by atoms with Gasteiger partial charge < -0.3 is 9.64 Å². The lowest BCUT2D eigenvalue weighted by atomic mass is 9.90. The van der Waals surface area contributed by atoms with Gasteiger partial charge >= 0.3 is 35.8 Å². The lowest BCUT2D eigenvalue weighted by Crippen LogP contribution is -2.70. The Morgan fingerprint density at radius 3 is 1.44 bits per heavy atom. The van der Waals surface area contributed by atoms with Crippen molar-refractivity contribution in [3.05, 3.63) is 29.8 Å². The molecule has 1 unspecified atom stereocenters. The molecule has 0 spiro atoms. The van der Waals surface area contributed by atoms with Crippen LogP contribution < -0.4 is 4.90 Å². The van der Waals surface area contributed by atoms with E-state index in [9.17, 15) is 57.1 Å². The molecular formula is C19H20F13NO. The summed E-state index contributed by atoms with van der Waals surface area (Å²) in [7, 11) is 0.682. The lowest BCUT2D eigenvalue weighted by molar-refractivity contribution is -0.440. The molecule has 0 saturated heterocycles. The summed E-state index contributed by atoms with van der Waals surface area (Å²) in [5.74, 6) is -37.0. The van der Waals surface area contributed by atoms with E-state index in [1.807, 2.05) is 0 Å². The highest BCUT2D eigenvalue weighted by Crippen LogP contribution is 2.61. The largest absolute Gasteiger partial charge is 0.460 e. The third-order valence-corrected chi connectivity index (χ3v) is 5.12. The monoisotopic (exact) mass is 525 g/mol. The maximum atomic E-state index is 14.2. The SMILES string of the molecule is CCN(CC)c1ccc(C(CC(F)(F)C(F)(F)C(F)(F)C(F)(F)C(F)(F)C(F)(F)F)OC)cc1. The third kappa shape index (κ3) is 4.89. The Morgan fingerprint density at radius 1 is 0.676 bits per heavy atom. The first-order chi connectivity index (χ1) is 15.2. The molecular weight excluding hydrogens is 505 g/mol. The molecule has 0 aliphatic rings. The molecule has 1 rings (SSSR count). The Balaban J connectivity index is 3.35. The Bertz CT molecular complexity index is 801. The van der Waals surface area contributed by atoms with Gasteiger partial charge in [-0.15, -0.1) is 0 Å². The molecule has 0 aliphatic heterocycles. The average molecular weight is 525 g/mol. The molecule has 1 aromatic carbocycles. The molecule has 1 atom stereocenters. The number of hydrogen-bond acceptors (Lipinski definition) is 2. The molecule has 15 heteroatoms. The first-order valence-electron chi connectivity index (χ1n) is 9.49. The fraction of sp³-hybridized carbons (Fsp3) is 0.684. The minimum absolute atomic E-state index is 0.301. The van der Waals surface area contributed by atoms with Crippen LogP contribution in [0.2, 0.25) is 0 Å². The van der Waals surface area contributed by atoms with Gasteiger partial charge in [0.1, 0.15) is 0 Å². The predicted molar refractivity (Wildman–Crippen MR) is 95.2 cm³/mol. The first-order valence-corrected chi connectivity index (χ1v) is 9.49. The standard InChI is InChI=1S/C19H20F13NO/c1-4-33(5-2)12-8-6-11(7-9-12)13(34-3)10-14(20,21)15(22,23)16(24,25)17(26,27)18(28,29)19(30,31)32/h6-9,13H,4-5,10H2,1-3H3. The van der Waals surface area contributed by atoms with Crippen LogP contribution in [0.5, 0.6) is 0 Å². The van der Waals surface area contributed by atoms with Crippen molar-refractivity contribution in [2.75, 3.05) is 25.1 Å². The van der Waals surface area contributed by atoms with E-state index in [1.165, 1.54) is 12.1 Å². The Kier molecular flexibility index (Phi) is 8.51. The number of hydrogen-bond donors (Lipinski definition) is 0. The second kappa shape index (κ2) is 9.61. The summed E-state index contributed by atoms with van der Waals surface area (Å²) < 4.78 is 177. The van der Waals surface area contributed by atoms with Crippen molar-refractivity contribution in [1.29, 1.82) is 0 Å². The Hall–Kier alpha value is -1.93. The minimum atomic E-state index is -7.92. The predicted octanol–water partition coefficient (Wildman–Crippen LogP) is 7.35. The molecule has 0 saturated carbocycles. The van der Waals surface area contributed by atoms with Crippen molar-refractivity contribution in [3.8, 4) is 0 Å². The Morgan fingerprint density at radius 2 is 1.09 bits per heavy atom. The number of benzene rings is 1. The van der Waals surface area contributed by atoms with Crippen LogP contribution in [0.15, 0.2) is 24.3 Å². The Labute approximate surface area is 185 Å². The second-order valence-electron chi connectivity index (χ2n) is 7.19. The number of nitrogens with zero attached hydrogens (tertiary/aromatic N) is 1. The van der Waals surface area contributed by atoms with E-state index in [-0.39, 0.29) is 5.56 Å². The molecule has 0 bridgehead atoms. The highest BCUT2D eigenvalue weighted by Gasteiger charge is 2.90. The molecule has 0 amide bonds. The van der Waals surface area contributed by atoms with Crippen LogP contribution >= 0.6 is 0 Å². The van der Waals surface area contributed by atoms with Crippen LogP contribution in [0.3, 0.4) is 0 Å². The van der Waals surface area contributed by atoms with Gasteiger partial charge in [-0.05, 0) is 31.5 Å². The fourth-order valence-electron chi connectivity index (χ4n) is 2.99. The van der Waals surface area contributed by atoms with Gasteiger partial charge in [0.25, 0.3) is 0 Å². The van der Waals surface area contributed by atoms with E-state index in [1.54, 1.807) is 18.7 Å². The van der Waals surface area contributed by atoms with Crippen LogP contribution in [0, 0.1) is 0 Å². The lowest BCUT2D eigenvalue weighted by Gasteiger charge is -2.40. The molecule has 198 valence electrons. The van der Waals surface area contributed by atoms with E-state index in [4.69, 9.17) is 0 Å². The van der Waals surface area contributed by atoms with Gasteiger partial charge in [0, 0.05) is 32.3 Å². The van der Waals surface area contributed by atoms with E-state index >= 15 is 0 Å². The quantitative estimate of drug-likeness (QED) is 0.280. The zero-order chi connectivity index (χ0) is 27.0. The topological polar surface area (TPSA) is 12.5 Å². The molecule has 0 aromatic heterocycles. The minimum Gasteiger partial charge on any atom is -0.377 e. The molecule has 0 N–H and O–H groups in total. The second-order valence-corrected chi connectivity index (χ2v) is 7.19. The first kappa shape index (κ1) is 30.1. The normalized spacial score (nSPS) is 15.4. The number of halogens is 13. The van der Waals surface area contributed by atoms with E-state index in [0.717, 1.165) is 12.1 Å². The zero-order valence-corrected chi connectivity index (χ0v) is 17.8. The van der Waals surface area contributed by atoms with Crippen molar-refractivity contribution < 1.29 is 61.8 Å². The van der Waals surface area contributed by atoms with E-state index < -0.39 is 48.3 Å². The smallest absolute Gasteiger partial charge is 0.377 e. The van der Waals surface area contributed by atoms with E-state index in [2.05, 4.69) is 4.74 Å². The van der Waals surface area contributed by atoms with Gasteiger partial charge in [-0.3, -0.25) is 0 Å². The van der Waals surface area contributed by atoms with Crippen LogP contribution in [0.1, 0.15) is 31.9 Å². The van der Waals surface area contributed by atoms with Crippen molar-refractivity contribution in [1.82, 2.24) is 0 Å². The number of ether oxygens (including phenoxy) is 1. The average Bonchev–Trinajstić information content (AvgIpc) is 2.72. The van der Waals surface area contributed by atoms with Crippen LogP contribution in [-0.4, -0.2) is 56.0 Å². The summed E-state index contributed by atoms with van der Waals surface area (Å²) in [6.45, 7) is 4.58. The third-order valence-electron chi connectivity index (χ3n) is 5.12. The van der Waals surface area contributed by atoms with Crippen LogP contribution in [0.4, 0.5) is 62.8 Å².